The normalized spacial score (nSPS) is 27.9. The summed E-state index contributed by atoms with van der Waals surface area (Å²) < 4.78 is 5.50. The topological polar surface area (TPSA) is 15.8 Å². The zero-order valence-electron chi connectivity index (χ0n) is 8.93. The second-order valence-corrected chi connectivity index (χ2v) is 4.47. The first-order valence-corrected chi connectivity index (χ1v) is 5.86. The van der Waals surface area contributed by atoms with E-state index in [1.807, 2.05) is 0 Å². The van der Waals surface area contributed by atoms with E-state index in [1.54, 1.807) is 0 Å². The van der Waals surface area contributed by atoms with Crippen molar-refractivity contribution in [1.29, 1.82) is 0 Å². The Balaban J connectivity index is 1.84. The van der Waals surface area contributed by atoms with Crippen molar-refractivity contribution in [3.05, 3.63) is 35.9 Å². The van der Waals surface area contributed by atoms with Gasteiger partial charge in [-0.3, -0.25) is 4.90 Å². The Morgan fingerprint density at radius 3 is 2.40 bits per heavy atom. The average Bonchev–Trinajstić information content (AvgIpc) is 2.96. The predicted octanol–water partition coefficient (Wildman–Crippen LogP) is 2.22. The smallest absolute Gasteiger partial charge is 0.101 e. The molecule has 3 rings (SSSR count). The van der Waals surface area contributed by atoms with E-state index in [9.17, 15) is 0 Å². The minimum Gasteiger partial charge on any atom is -0.371 e. The summed E-state index contributed by atoms with van der Waals surface area (Å²) in [6.07, 6.45) is 3.14. The van der Waals surface area contributed by atoms with Crippen LogP contribution in [0, 0.1) is 0 Å². The van der Waals surface area contributed by atoms with Crippen LogP contribution in [0.1, 0.15) is 24.4 Å². The summed E-state index contributed by atoms with van der Waals surface area (Å²) >= 11 is 0. The van der Waals surface area contributed by atoms with Crippen LogP contribution in [-0.4, -0.2) is 30.7 Å². The highest BCUT2D eigenvalue weighted by Gasteiger charge is 2.38. The molecule has 0 N–H and O–H groups in total. The first kappa shape index (κ1) is 9.37. The molecular weight excluding hydrogens is 186 g/mol. The van der Waals surface area contributed by atoms with Crippen molar-refractivity contribution in [2.45, 2.75) is 25.0 Å². The van der Waals surface area contributed by atoms with Gasteiger partial charge in [0.1, 0.15) is 6.10 Å². The fourth-order valence-electron chi connectivity index (χ4n) is 2.57. The monoisotopic (exact) mass is 203 g/mol. The highest BCUT2D eigenvalue weighted by molar-refractivity contribution is 5.21. The third-order valence-corrected chi connectivity index (χ3v) is 3.39. The number of hydrogen-bond acceptors (Lipinski definition) is 2. The molecule has 2 atom stereocenters. The number of epoxide rings is 1. The maximum Gasteiger partial charge on any atom is 0.101 e. The van der Waals surface area contributed by atoms with E-state index in [1.165, 1.54) is 31.5 Å². The van der Waals surface area contributed by atoms with E-state index >= 15 is 0 Å². The molecule has 2 fully saturated rings. The summed E-state index contributed by atoms with van der Waals surface area (Å²) in [7, 11) is 0. The third kappa shape index (κ3) is 1.92. The highest BCUT2D eigenvalue weighted by atomic mass is 16.6. The Morgan fingerprint density at radius 1 is 1.13 bits per heavy atom. The second kappa shape index (κ2) is 3.95. The molecule has 80 valence electrons. The highest BCUT2D eigenvalue weighted by Crippen LogP contribution is 2.34. The lowest BCUT2D eigenvalue weighted by molar-refractivity contribution is 0.197. The Labute approximate surface area is 90.8 Å². The summed E-state index contributed by atoms with van der Waals surface area (Å²) in [6.45, 7) is 3.41. The molecule has 2 saturated heterocycles. The molecule has 1 aromatic rings. The van der Waals surface area contributed by atoms with Crippen LogP contribution in [0.2, 0.25) is 0 Å². The number of hydrogen-bond donors (Lipinski definition) is 0. The second-order valence-electron chi connectivity index (χ2n) is 4.47. The summed E-state index contributed by atoms with van der Waals surface area (Å²) in [5.41, 5.74) is 1.42. The van der Waals surface area contributed by atoms with Gasteiger partial charge in [-0.1, -0.05) is 30.3 Å². The van der Waals surface area contributed by atoms with Gasteiger partial charge in [0.2, 0.25) is 0 Å². The van der Waals surface area contributed by atoms with Gasteiger partial charge in [-0.05, 0) is 31.5 Å². The van der Waals surface area contributed by atoms with Crippen LogP contribution in [0.15, 0.2) is 30.3 Å². The number of rotatable bonds is 3. The van der Waals surface area contributed by atoms with Crippen molar-refractivity contribution < 1.29 is 4.74 Å². The van der Waals surface area contributed by atoms with Gasteiger partial charge >= 0.3 is 0 Å². The van der Waals surface area contributed by atoms with E-state index in [4.69, 9.17) is 4.74 Å². The molecule has 0 saturated carbocycles. The molecule has 0 spiro atoms. The SMILES string of the molecule is c1ccc([C@H]([C@@H]2CO2)N2CCCC2)cc1. The first-order valence-electron chi connectivity index (χ1n) is 5.86. The van der Waals surface area contributed by atoms with Crippen molar-refractivity contribution in [3.8, 4) is 0 Å². The Morgan fingerprint density at radius 2 is 1.80 bits per heavy atom. The lowest BCUT2D eigenvalue weighted by Gasteiger charge is -2.26. The minimum atomic E-state index is 0.450. The maximum atomic E-state index is 5.50. The van der Waals surface area contributed by atoms with Crippen LogP contribution in [0.25, 0.3) is 0 Å². The van der Waals surface area contributed by atoms with Crippen LogP contribution in [0.4, 0.5) is 0 Å². The first-order chi connectivity index (χ1) is 7.45. The van der Waals surface area contributed by atoms with Gasteiger partial charge < -0.3 is 4.74 Å². The number of likely N-dealkylation sites (tertiary alicyclic amines) is 1. The number of ether oxygens (including phenoxy) is 1. The van der Waals surface area contributed by atoms with Crippen LogP contribution in [0.5, 0.6) is 0 Å². The Bertz CT molecular complexity index is 315. The zero-order valence-corrected chi connectivity index (χ0v) is 8.93. The fourth-order valence-corrected chi connectivity index (χ4v) is 2.57. The Kier molecular flexibility index (Phi) is 2.47. The summed E-state index contributed by atoms with van der Waals surface area (Å²) in [4.78, 5) is 2.58. The molecule has 2 heteroatoms. The van der Waals surface area contributed by atoms with Crippen LogP contribution in [-0.2, 0) is 4.74 Å². The molecule has 0 radical (unpaired) electrons. The van der Waals surface area contributed by atoms with E-state index in [-0.39, 0.29) is 0 Å². The van der Waals surface area contributed by atoms with Crippen LogP contribution >= 0.6 is 0 Å². The molecule has 0 aromatic heterocycles. The van der Waals surface area contributed by atoms with Gasteiger partial charge in [-0.25, -0.2) is 0 Å². The molecule has 0 aliphatic carbocycles. The molecule has 0 unspecified atom stereocenters. The van der Waals surface area contributed by atoms with Gasteiger partial charge in [-0.2, -0.15) is 0 Å². The summed E-state index contributed by atoms with van der Waals surface area (Å²) in [6, 6.07) is 11.3. The largest absolute Gasteiger partial charge is 0.371 e. The molecule has 0 amide bonds. The lowest BCUT2D eigenvalue weighted by Crippen LogP contribution is -2.29. The van der Waals surface area contributed by atoms with Crippen molar-refractivity contribution in [2.75, 3.05) is 19.7 Å². The van der Waals surface area contributed by atoms with Crippen molar-refractivity contribution in [1.82, 2.24) is 4.90 Å². The standard InChI is InChI=1S/C13H17NO/c1-2-6-11(7-3-1)13(12-10-15-12)14-8-4-5-9-14/h1-3,6-7,12-13H,4-5,8-10H2/t12-,13+/m0/s1. The van der Waals surface area contributed by atoms with Crippen molar-refractivity contribution >= 4 is 0 Å². The summed E-state index contributed by atoms with van der Waals surface area (Å²) in [5, 5.41) is 0. The van der Waals surface area contributed by atoms with E-state index in [2.05, 4.69) is 35.2 Å². The van der Waals surface area contributed by atoms with Gasteiger partial charge in [-0.15, -0.1) is 0 Å². The quantitative estimate of drug-likeness (QED) is 0.700. The minimum absolute atomic E-state index is 0.450. The Hall–Kier alpha value is -0.860. The molecule has 2 aliphatic heterocycles. The van der Waals surface area contributed by atoms with Crippen molar-refractivity contribution in [3.63, 3.8) is 0 Å². The van der Waals surface area contributed by atoms with Gasteiger partial charge in [0.05, 0.1) is 12.6 Å². The van der Waals surface area contributed by atoms with E-state index < -0.39 is 0 Å². The molecule has 2 heterocycles. The lowest BCUT2D eigenvalue weighted by atomic mass is 10.0. The van der Waals surface area contributed by atoms with Crippen molar-refractivity contribution in [2.24, 2.45) is 0 Å². The number of benzene rings is 1. The molecule has 2 nitrogen and oxygen atoms in total. The fraction of sp³-hybridized carbons (Fsp3) is 0.538. The number of nitrogens with zero attached hydrogens (tertiary/aromatic N) is 1. The van der Waals surface area contributed by atoms with Gasteiger partial charge in [0, 0.05) is 0 Å². The molecule has 1 aromatic carbocycles. The zero-order chi connectivity index (χ0) is 10.1. The van der Waals surface area contributed by atoms with Crippen LogP contribution < -0.4 is 0 Å². The molecule has 2 aliphatic rings. The summed E-state index contributed by atoms with van der Waals surface area (Å²) in [5.74, 6) is 0. The van der Waals surface area contributed by atoms with E-state index in [0.29, 0.717) is 12.1 Å². The molecule has 15 heavy (non-hydrogen) atoms. The molecular formula is C13H17NO. The third-order valence-electron chi connectivity index (χ3n) is 3.39. The van der Waals surface area contributed by atoms with Gasteiger partial charge in [0.25, 0.3) is 0 Å². The van der Waals surface area contributed by atoms with Gasteiger partial charge in [0.15, 0.2) is 0 Å². The average molecular weight is 203 g/mol. The maximum absolute atomic E-state index is 5.50. The van der Waals surface area contributed by atoms with E-state index in [0.717, 1.165) is 6.61 Å². The van der Waals surface area contributed by atoms with Crippen LogP contribution in [0.3, 0.4) is 0 Å². The predicted molar refractivity (Wildman–Crippen MR) is 59.7 cm³/mol. The molecule has 0 bridgehead atoms.